The van der Waals surface area contributed by atoms with Crippen LogP contribution in [0, 0.1) is 0 Å². The van der Waals surface area contributed by atoms with Crippen molar-refractivity contribution in [2.45, 2.75) is 46.6 Å². The molecule has 0 aliphatic carbocycles. The van der Waals surface area contributed by atoms with Gasteiger partial charge in [-0.3, -0.25) is 4.79 Å². The first-order chi connectivity index (χ1) is 12.4. The van der Waals surface area contributed by atoms with Crippen molar-refractivity contribution in [2.24, 2.45) is 0 Å². The molecule has 2 aromatic rings. The Labute approximate surface area is 152 Å². The highest BCUT2D eigenvalue weighted by Crippen LogP contribution is 2.39. The van der Waals surface area contributed by atoms with Gasteiger partial charge in [-0.1, -0.05) is 25.1 Å². The van der Waals surface area contributed by atoms with E-state index in [9.17, 15) is 9.59 Å². The van der Waals surface area contributed by atoms with E-state index in [1.54, 1.807) is 18.2 Å². The van der Waals surface area contributed by atoms with Crippen molar-refractivity contribution in [2.75, 3.05) is 6.61 Å². The van der Waals surface area contributed by atoms with E-state index in [0.717, 1.165) is 6.42 Å². The van der Waals surface area contributed by atoms with Gasteiger partial charge >= 0.3 is 11.6 Å². The summed E-state index contributed by atoms with van der Waals surface area (Å²) < 4.78 is 22.1. The van der Waals surface area contributed by atoms with E-state index in [-0.39, 0.29) is 28.9 Å². The number of carbonyl (C=O) groups excluding carboxylic acids is 1. The molecule has 0 aliphatic heterocycles. The fourth-order valence-corrected chi connectivity index (χ4v) is 2.40. The Bertz CT molecular complexity index is 847. The molecule has 1 heterocycles. The number of esters is 1. The predicted octanol–water partition coefficient (Wildman–Crippen LogP) is 4.24. The van der Waals surface area contributed by atoms with E-state index < -0.39 is 11.6 Å². The highest BCUT2D eigenvalue weighted by atomic mass is 16.5. The number of allylic oxidation sites excluding steroid dienone is 1. The second kappa shape index (κ2) is 9.08. The predicted molar refractivity (Wildman–Crippen MR) is 99.1 cm³/mol. The molecule has 26 heavy (non-hydrogen) atoms. The van der Waals surface area contributed by atoms with Crippen molar-refractivity contribution in [3.05, 3.63) is 40.8 Å². The smallest absolute Gasteiger partial charge is 0.383 e. The fraction of sp³-hybridized carbons (Fsp3) is 0.400. The molecule has 0 unspecified atom stereocenters. The molecule has 6 heteroatoms. The molecule has 0 N–H and O–H groups in total. The molecule has 2 rings (SSSR count). The molecule has 0 bridgehead atoms. The zero-order chi connectivity index (χ0) is 19.1. The van der Waals surface area contributed by atoms with Crippen molar-refractivity contribution >= 4 is 16.9 Å². The third-order valence-corrected chi connectivity index (χ3v) is 3.35. The van der Waals surface area contributed by atoms with Crippen LogP contribution in [0.2, 0.25) is 0 Å². The molecule has 0 aliphatic rings. The van der Waals surface area contributed by atoms with Crippen molar-refractivity contribution in [3.63, 3.8) is 0 Å². The van der Waals surface area contributed by atoms with Crippen LogP contribution < -0.4 is 19.8 Å². The molecule has 0 atom stereocenters. The van der Waals surface area contributed by atoms with Gasteiger partial charge in [-0.15, -0.1) is 0 Å². The van der Waals surface area contributed by atoms with Gasteiger partial charge in [0.05, 0.1) is 12.7 Å². The van der Waals surface area contributed by atoms with Crippen molar-refractivity contribution in [1.82, 2.24) is 0 Å². The zero-order valence-corrected chi connectivity index (χ0v) is 15.5. The van der Waals surface area contributed by atoms with E-state index >= 15 is 0 Å². The van der Waals surface area contributed by atoms with E-state index in [1.807, 2.05) is 32.9 Å². The van der Waals surface area contributed by atoms with Gasteiger partial charge in [-0.05, 0) is 38.8 Å². The van der Waals surface area contributed by atoms with Crippen LogP contribution in [0.5, 0.6) is 17.2 Å². The van der Waals surface area contributed by atoms with Crippen LogP contribution >= 0.6 is 0 Å². The number of fused-ring (bicyclic) bond motifs is 1. The summed E-state index contributed by atoms with van der Waals surface area (Å²) in [6.45, 7) is 7.32. The minimum atomic E-state index is -0.632. The van der Waals surface area contributed by atoms with Crippen LogP contribution in [0.25, 0.3) is 11.0 Å². The molecule has 0 amide bonds. The average Bonchev–Trinajstić information content (AvgIpc) is 2.55. The zero-order valence-electron chi connectivity index (χ0n) is 15.5. The lowest BCUT2D eigenvalue weighted by molar-refractivity contribution is -0.131. The largest absolute Gasteiger partial charge is 0.486 e. The fourth-order valence-electron chi connectivity index (χ4n) is 2.40. The van der Waals surface area contributed by atoms with Crippen molar-refractivity contribution < 1.29 is 23.4 Å². The summed E-state index contributed by atoms with van der Waals surface area (Å²) in [6.07, 6.45) is 5.38. The van der Waals surface area contributed by atoms with Gasteiger partial charge in [-0.2, -0.15) is 0 Å². The topological polar surface area (TPSA) is 75.0 Å². The molecule has 0 radical (unpaired) electrons. The van der Waals surface area contributed by atoms with Crippen LogP contribution in [0.1, 0.15) is 40.5 Å². The molecule has 0 saturated heterocycles. The third kappa shape index (κ3) is 4.88. The normalized spacial score (nSPS) is 11.3. The molecule has 1 aromatic carbocycles. The Balaban J connectivity index is 2.54. The van der Waals surface area contributed by atoms with Crippen LogP contribution in [-0.4, -0.2) is 18.7 Å². The highest BCUT2D eigenvalue weighted by molar-refractivity contribution is 5.93. The molecule has 0 fully saturated rings. The van der Waals surface area contributed by atoms with Crippen molar-refractivity contribution in [1.29, 1.82) is 0 Å². The third-order valence-electron chi connectivity index (χ3n) is 3.35. The molecular formula is C20H24O6. The first kappa shape index (κ1) is 19.6. The summed E-state index contributed by atoms with van der Waals surface area (Å²) in [6, 6.07) is 4.87. The number of benzene rings is 1. The standard InChI is InChI=1S/C20H24O6/c1-5-6-7-8-12-23-19-18(24-13(2)3)17-15(25-14(4)21)10-9-11-16(17)26-20(19)22/h6-7,9-11,13H,5,8,12H2,1-4H3. The lowest BCUT2D eigenvalue weighted by atomic mass is 10.2. The average molecular weight is 360 g/mol. The van der Waals surface area contributed by atoms with Gasteiger partial charge in [0, 0.05) is 6.92 Å². The van der Waals surface area contributed by atoms with Crippen molar-refractivity contribution in [3.8, 4) is 17.2 Å². The second-order valence-electron chi connectivity index (χ2n) is 5.95. The van der Waals surface area contributed by atoms with Gasteiger partial charge in [0.2, 0.25) is 5.75 Å². The number of hydrogen-bond donors (Lipinski definition) is 0. The van der Waals surface area contributed by atoms with Gasteiger partial charge in [0.15, 0.2) is 5.75 Å². The monoisotopic (exact) mass is 360 g/mol. The number of hydrogen-bond acceptors (Lipinski definition) is 6. The van der Waals surface area contributed by atoms with E-state index in [1.165, 1.54) is 6.92 Å². The van der Waals surface area contributed by atoms with Crippen LogP contribution in [0.4, 0.5) is 0 Å². The number of rotatable bonds is 8. The Morgan fingerprint density at radius 2 is 2.00 bits per heavy atom. The highest BCUT2D eigenvalue weighted by Gasteiger charge is 2.22. The number of ether oxygens (including phenoxy) is 3. The minimum absolute atomic E-state index is 0.0179. The Morgan fingerprint density at radius 1 is 1.23 bits per heavy atom. The van der Waals surface area contributed by atoms with Crippen LogP contribution in [0.15, 0.2) is 39.6 Å². The number of carbonyl (C=O) groups is 1. The summed E-state index contributed by atoms with van der Waals surface area (Å²) in [5.74, 6) is -0.0187. The molecular weight excluding hydrogens is 336 g/mol. The van der Waals surface area contributed by atoms with Crippen LogP contribution in [0.3, 0.4) is 0 Å². The Kier molecular flexibility index (Phi) is 6.83. The van der Waals surface area contributed by atoms with E-state index in [4.69, 9.17) is 18.6 Å². The van der Waals surface area contributed by atoms with Crippen LogP contribution in [-0.2, 0) is 4.79 Å². The first-order valence-corrected chi connectivity index (χ1v) is 8.66. The lowest BCUT2D eigenvalue weighted by Gasteiger charge is -2.17. The summed E-state index contributed by atoms with van der Waals surface area (Å²) in [5.41, 5.74) is -0.366. The maximum absolute atomic E-state index is 12.4. The second-order valence-corrected chi connectivity index (χ2v) is 5.95. The first-order valence-electron chi connectivity index (χ1n) is 8.66. The summed E-state index contributed by atoms with van der Waals surface area (Å²) >= 11 is 0. The summed E-state index contributed by atoms with van der Waals surface area (Å²) in [7, 11) is 0. The lowest BCUT2D eigenvalue weighted by Crippen LogP contribution is -2.15. The van der Waals surface area contributed by atoms with Gasteiger partial charge in [0.1, 0.15) is 16.7 Å². The molecule has 6 nitrogen and oxygen atoms in total. The Morgan fingerprint density at radius 3 is 2.65 bits per heavy atom. The summed E-state index contributed by atoms with van der Waals surface area (Å²) in [5, 5.41) is 0.398. The minimum Gasteiger partial charge on any atom is -0.486 e. The van der Waals surface area contributed by atoms with Gasteiger partial charge in [-0.25, -0.2) is 4.79 Å². The molecule has 0 spiro atoms. The van der Waals surface area contributed by atoms with Gasteiger partial charge < -0.3 is 18.6 Å². The van der Waals surface area contributed by atoms with E-state index in [0.29, 0.717) is 18.4 Å². The SMILES string of the molecule is CCC=CCCOc1c(OC(C)C)c2c(OC(C)=O)cccc2oc1=O. The molecule has 140 valence electrons. The molecule has 0 saturated carbocycles. The van der Waals surface area contributed by atoms with E-state index in [2.05, 4.69) is 0 Å². The Hall–Kier alpha value is -2.76. The molecule has 1 aromatic heterocycles. The summed E-state index contributed by atoms with van der Waals surface area (Å²) in [4.78, 5) is 23.8. The maximum Gasteiger partial charge on any atom is 0.383 e. The van der Waals surface area contributed by atoms with Gasteiger partial charge in [0.25, 0.3) is 0 Å². The maximum atomic E-state index is 12.4. The quantitative estimate of drug-likeness (QED) is 0.230.